The molecule has 0 saturated carbocycles. The summed E-state index contributed by atoms with van der Waals surface area (Å²) in [6.07, 6.45) is 1.32. The first-order valence-electron chi connectivity index (χ1n) is 7.81. The number of hydrogen-bond acceptors (Lipinski definition) is 5. The molecule has 1 N–H and O–H groups in total. The average Bonchev–Trinajstić information content (AvgIpc) is 3.16. The number of oxazole rings is 1. The standard InChI is InChI=1S/C19H17ClN2O4/c1-24-16-7-6-12(8-17(16)25-2)10-21-18(23)15-11-26-19(22-15)13-4-3-5-14(20)9-13/h3-9,11H,10H2,1-2H3,(H,21,23). The van der Waals surface area contributed by atoms with Crippen LogP contribution in [0.3, 0.4) is 0 Å². The minimum atomic E-state index is -0.336. The van der Waals surface area contributed by atoms with Gasteiger partial charge in [0.05, 0.1) is 14.2 Å². The molecule has 0 aliphatic heterocycles. The summed E-state index contributed by atoms with van der Waals surface area (Å²) in [6, 6.07) is 12.5. The molecule has 1 amide bonds. The highest BCUT2D eigenvalue weighted by molar-refractivity contribution is 6.30. The Labute approximate surface area is 155 Å². The average molecular weight is 373 g/mol. The number of nitrogens with one attached hydrogen (secondary N) is 1. The van der Waals surface area contributed by atoms with E-state index in [9.17, 15) is 4.79 Å². The summed E-state index contributed by atoms with van der Waals surface area (Å²) in [5.41, 5.74) is 1.77. The number of hydrogen-bond donors (Lipinski definition) is 1. The van der Waals surface area contributed by atoms with Crippen LogP contribution in [0.1, 0.15) is 16.1 Å². The Hall–Kier alpha value is -2.99. The fourth-order valence-corrected chi connectivity index (χ4v) is 2.59. The van der Waals surface area contributed by atoms with Crippen LogP contribution < -0.4 is 14.8 Å². The Kier molecular flexibility index (Phi) is 5.43. The molecule has 1 heterocycles. The monoisotopic (exact) mass is 372 g/mol. The molecular formula is C19H17ClN2O4. The number of rotatable bonds is 6. The van der Waals surface area contributed by atoms with E-state index in [1.165, 1.54) is 6.26 Å². The number of ether oxygens (including phenoxy) is 2. The summed E-state index contributed by atoms with van der Waals surface area (Å²) in [4.78, 5) is 16.5. The summed E-state index contributed by atoms with van der Waals surface area (Å²) in [5.74, 6) is 1.23. The minimum Gasteiger partial charge on any atom is -0.493 e. The Morgan fingerprint density at radius 2 is 1.96 bits per heavy atom. The number of carbonyl (C=O) groups is 1. The molecule has 0 aliphatic rings. The molecule has 3 rings (SSSR count). The number of halogens is 1. The molecular weight excluding hydrogens is 356 g/mol. The highest BCUT2D eigenvalue weighted by Gasteiger charge is 2.14. The van der Waals surface area contributed by atoms with Crippen molar-refractivity contribution in [3.05, 3.63) is 65.0 Å². The maximum absolute atomic E-state index is 12.3. The molecule has 7 heteroatoms. The van der Waals surface area contributed by atoms with Crippen molar-refractivity contribution in [2.24, 2.45) is 0 Å². The van der Waals surface area contributed by atoms with Gasteiger partial charge in [0.1, 0.15) is 6.26 Å². The van der Waals surface area contributed by atoms with Crippen molar-refractivity contribution in [1.29, 1.82) is 0 Å². The van der Waals surface area contributed by atoms with E-state index in [0.29, 0.717) is 34.5 Å². The van der Waals surface area contributed by atoms with Crippen LogP contribution in [0.5, 0.6) is 11.5 Å². The Morgan fingerprint density at radius 1 is 1.15 bits per heavy atom. The molecule has 2 aromatic carbocycles. The number of benzene rings is 2. The molecule has 0 fully saturated rings. The summed E-state index contributed by atoms with van der Waals surface area (Å²) in [6.45, 7) is 0.318. The number of carbonyl (C=O) groups excluding carboxylic acids is 1. The summed E-state index contributed by atoms with van der Waals surface area (Å²) in [7, 11) is 3.13. The van der Waals surface area contributed by atoms with Gasteiger partial charge in [0, 0.05) is 17.1 Å². The molecule has 134 valence electrons. The van der Waals surface area contributed by atoms with Crippen LogP contribution >= 0.6 is 11.6 Å². The van der Waals surface area contributed by atoms with Crippen LogP contribution in [0.15, 0.2) is 53.1 Å². The zero-order valence-electron chi connectivity index (χ0n) is 14.3. The van der Waals surface area contributed by atoms with E-state index in [1.54, 1.807) is 44.6 Å². The van der Waals surface area contributed by atoms with Crippen molar-refractivity contribution in [3.8, 4) is 23.0 Å². The Morgan fingerprint density at radius 3 is 2.69 bits per heavy atom. The van der Waals surface area contributed by atoms with Gasteiger partial charge in [-0.3, -0.25) is 4.79 Å². The first-order valence-corrected chi connectivity index (χ1v) is 8.19. The predicted molar refractivity (Wildman–Crippen MR) is 97.7 cm³/mol. The number of nitrogens with zero attached hydrogens (tertiary/aromatic N) is 1. The van der Waals surface area contributed by atoms with E-state index < -0.39 is 0 Å². The van der Waals surface area contributed by atoms with E-state index >= 15 is 0 Å². The molecule has 6 nitrogen and oxygen atoms in total. The van der Waals surface area contributed by atoms with E-state index in [1.807, 2.05) is 12.1 Å². The van der Waals surface area contributed by atoms with E-state index in [2.05, 4.69) is 10.3 Å². The van der Waals surface area contributed by atoms with Crippen molar-refractivity contribution in [2.75, 3.05) is 14.2 Å². The lowest BCUT2D eigenvalue weighted by Crippen LogP contribution is -2.23. The molecule has 0 aliphatic carbocycles. The van der Waals surface area contributed by atoms with Gasteiger partial charge in [0.2, 0.25) is 5.89 Å². The summed E-state index contributed by atoms with van der Waals surface area (Å²) >= 11 is 5.96. The van der Waals surface area contributed by atoms with Crippen LogP contribution in [-0.2, 0) is 6.54 Å². The maximum Gasteiger partial charge on any atom is 0.273 e. The third-order valence-corrected chi connectivity index (χ3v) is 3.94. The lowest BCUT2D eigenvalue weighted by atomic mass is 10.2. The lowest BCUT2D eigenvalue weighted by molar-refractivity contribution is 0.0946. The third kappa shape index (κ3) is 3.97. The second kappa shape index (κ2) is 7.93. The van der Waals surface area contributed by atoms with Crippen molar-refractivity contribution < 1.29 is 18.7 Å². The summed E-state index contributed by atoms with van der Waals surface area (Å²) < 4.78 is 15.8. The minimum absolute atomic E-state index is 0.195. The van der Waals surface area contributed by atoms with Gasteiger partial charge in [-0.05, 0) is 35.9 Å². The van der Waals surface area contributed by atoms with E-state index in [0.717, 1.165) is 5.56 Å². The molecule has 0 bridgehead atoms. The zero-order chi connectivity index (χ0) is 18.5. The van der Waals surface area contributed by atoms with Gasteiger partial charge in [-0.15, -0.1) is 0 Å². The van der Waals surface area contributed by atoms with E-state index in [-0.39, 0.29) is 11.6 Å². The first-order chi connectivity index (χ1) is 12.6. The van der Waals surface area contributed by atoms with Crippen LogP contribution in [-0.4, -0.2) is 25.1 Å². The molecule has 3 aromatic rings. The van der Waals surface area contributed by atoms with Crippen molar-refractivity contribution in [2.45, 2.75) is 6.54 Å². The molecule has 0 spiro atoms. The van der Waals surface area contributed by atoms with Gasteiger partial charge in [-0.25, -0.2) is 4.98 Å². The Balaban J connectivity index is 1.67. The SMILES string of the molecule is COc1ccc(CNC(=O)c2coc(-c3cccc(Cl)c3)n2)cc1OC. The third-order valence-electron chi connectivity index (χ3n) is 3.71. The fourth-order valence-electron chi connectivity index (χ4n) is 2.40. The van der Waals surface area contributed by atoms with Crippen LogP contribution in [0.4, 0.5) is 0 Å². The van der Waals surface area contributed by atoms with Crippen LogP contribution in [0.25, 0.3) is 11.5 Å². The van der Waals surface area contributed by atoms with Crippen molar-refractivity contribution >= 4 is 17.5 Å². The molecule has 0 unspecified atom stereocenters. The predicted octanol–water partition coefficient (Wildman–Crippen LogP) is 3.94. The van der Waals surface area contributed by atoms with Gasteiger partial charge >= 0.3 is 0 Å². The highest BCUT2D eigenvalue weighted by Crippen LogP contribution is 2.27. The summed E-state index contributed by atoms with van der Waals surface area (Å²) in [5, 5.41) is 3.37. The lowest BCUT2D eigenvalue weighted by Gasteiger charge is -2.09. The second-order valence-electron chi connectivity index (χ2n) is 5.42. The van der Waals surface area contributed by atoms with Crippen LogP contribution in [0.2, 0.25) is 5.02 Å². The second-order valence-corrected chi connectivity index (χ2v) is 5.86. The number of amides is 1. The van der Waals surface area contributed by atoms with Gasteiger partial charge in [0.15, 0.2) is 17.2 Å². The molecule has 0 saturated heterocycles. The number of aromatic nitrogens is 1. The molecule has 26 heavy (non-hydrogen) atoms. The van der Waals surface area contributed by atoms with Crippen LogP contribution in [0, 0.1) is 0 Å². The zero-order valence-corrected chi connectivity index (χ0v) is 15.0. The highest BCUT2D eigenvalue weighted by atomic mass is 35.5. The molecule has 0 atom stereocenters. The van der Waals surface area contributed by atoms with Gasteiger partial charge in [-0.1, -0.05) is 23.7 Å². The Bertz CT molecular complexity index is 923. The molecule has 1 aromatic heterocycles. The van der Waals surface area contributed by atoms with Gasteiger partial charge in [0.25, 0.3) is 5.91 Å². The maximum atomic E-state index is 12.3. The topological polar surface area (TPSA) is 73.6 Å². The van der Waals surface area contributed by atoms with Crippen molar-refractivity contribution in [3.63, 3.8) is 0 Å². The van der Waals surface area contributed by atoms with Crippen molar-refractivity contribution in [1.82, 2.24) is 10.3 Å². The van der Waals surface area contributed by atoms with E-state index in [4.69, 9.17) is 25.5 Å². The quantitative estimate of drug-likeness (QED) is 0.709. The van der Waals surface area contributed by atoms with Gasteiger partial charge in [-0.2, -0.15) is 0 Å². The smallest absolute Gasteiger partial charge is 0.273 e. The normalized spacial score (nSPS) is 10.4. The molecule has 0 radical (unpaired) electrons. The number of methoxy groups -OCH3 is 2. The largest absolute Gasteiger partial charge is 0.493 e. The first kappa shape index (κ1) is 17.8. The van der Waals surface area contributed by atoms with Gasteiger partial charge < -0.3 is 19.2 Å². The fraction of sp³-hybridized carbons (Fsp3) is 0.158.